The molecule has 1 saturated carbocycles. The van der Waals surface area contributed by atoms with Gasteiger partial charge in [0.15, 0.2) is 5.78 Å². The first kappa shape index (κ1) is 30.8. The minimum Gasteiger partial charge on any atom is -0.397 e. The number of benzene rings is 1. The van der Waals surface area contributed by atoms with E-state index in [4.69, 9.17) is 21.5 Å². The number of aromatic nitrogens is 2. The molecule has 1 amide bonds. The van der Waals surface area contributed by atoms with Gasteiger partial charge in [-0.25, -0.2) is 9.37 Å². The molecule has 0 spiro atoms. The highest BCUT2D eigenvalue weighted by Gasteiger charge is 2.36. The van der Waals surface area contributed by atoms with Crippen LogP contribution >= 0.6 is 0 Å². The lowest BCUT2D eigenvalue weighted by molar-refractivity contribution is -0.0199. The summed E-state index contributed by atoms with van der Waals surface area (Å²) in [6.07, 6.45) is 5.05. The summed E-state index contributed by atoms with van der Waals surface area (Å²) in [5.41, 5.74) is 15.2. The number of hydrogen-bond acceptors (Lipinski definition) is 8. The number of nitrogens with one attached hydrogen (secondary N) is 1. The molecule has 10 heteroatoms. The van der Waals surface area contributed by atoms with Gasteiger partial charge in [0.25, 0.3) is 5.91 Å². The molecule has 5 N–H and O–H groups in total. The number of hydrogen-bond donors (Lipinski definition) is 3. The molecule has 1 aromatic carbocycles. The Labute approximate surface area is 245 Å². The summed E-state index contributed by atoms with van der Waals surface area (Å²) < 4.78 is 20.8. The summed E-state index contributed by atoms with van der Waals surface area (Å²) in [6.45, 7) is 6.11. The molecule has 220 valence electrons. The van der Waals surface area contributed by atoms with Crippen LogP contribution in [0.2, 0.25) is 0 Å². The van der Waals surface area contributed by atoms with E-state index < -0.39 is 5.82 Å². The first-order valence-corrected chi connectivity index (χ1v) is 14.2. The van der Waals surface area contributed by atoms with E-state index in [-0.39, 0.29) is 76.3 Å². The number of nitriles is 1. The van der Waals surface area contributed by atoms with Crippen LogP contribution in [0.4, 0.5) is 10.1 Å². The number of nitrogen functional groups attached to an aromatic ring is 1. The van der Waals surface area contributed by atoms with Crippen LogP contribution in [0.3, 0.4) is 0 Å². The molecule has 3 aromatic rings. The Hall–Kier alpha value is -4.20. The van der Waals surface area contributed by atoms with Crippen LogP contribution in [0.15, 0.2) is 48.8 Å². The molecule has 0 bridgehead atoms. The zero-order chi connectivity index (χ0) is 30.4. The number of nitrogens with two attached hydrogens (primary N) is 2. The normalized spacial score (nSPS) is 20.2. The van der Waals surface area contributed by atoms with Crippen molar-refractivity contribution in [1.82, 2.24) is 15.3 Å². The van der Waals surface area contributed by atoms with Crippen molar-refractivity contribution in [3.63, 3.8) is 0 Å². The third-order valence-corrected chi connectivity index (χ3v) is 7.57. The maximum absolute atomic E-state index is 14.9. The van der Waals surface area contributed by atoms with Gasteiger partial charge in [-0.1, -0.05) is 6.92 Å². The van der Waals surface area contributed by atoms with Gasteiger partial charge < -0.3 is 21.5 Å². The van der Waals surface area contributed by atoms with E-state index in [1.807, 2.05) is 19.9 Å². The van der Waals surface area contributed by atoms with Gasteiger partial charge in [-0.05, 0) is 86.1 Å². The monoisotopic (exact) mass is 572 g/mol. The Balaban J connectivity index is 1.56. The van der Waals surface area contributed by atoms with Gasteiger partial charge in [0, 0.05) is 42.0 Å². The highest BCUT2D eigenvalue weighted by Crippen LogP contribution is 2.38. The Morgan fingerprint density at radius 1 is 1.21 bits per heavy atom. The van der Waals surface area contributed by atoms with Gasteiger partial charge >= 0.3 is 0 Å². The van der Waals surface area contributed by atoms with E-state index in [0.717, 1.165) is 17.5 Å². The van der Waals surface area contributed by atoms with Gasteiger partial charge in [-0.3, -0.25) is 14.6 Å². The molecule has 1 aliphatic rings. The zero-order valence-electron chi connectivity index (χ0n) is 24.1. The van der Waals surface area contributed by atoms with Crippen LogP contribution in [0.25, 0.3) is 11.3 Å². The maximum Gasteiger partial charge on any atom is 0.251 e. The van der Waals surface area contributed by atoms with Gasteiger partial charge in [0.2, 0.25) is 0 Å². The number of ketones is 1. The summed E-state index contributed by atoms with van der Waals surface area (Å²) in [5.74, 6) is -0.972. The third-order valence-electron chi connectivity index (χ3n) is 7.57. The minimum absolute atomic E-state index is 0.00532. The molecule has 2 aromatic heterocycles. The molecule has 0 aliphatic heterocycles. The molecule has 2 heterocycles. The molecule has 4 rings (SSSR count). The van der Waals surface area contributed by atoms with Crippen LogP contribution in [-0.4, -0.2) is 46.5 Å². The van der Waals surface area contributed by atoms with E-state index >= 15 is 0 Å². The van der Waals surface area contributed by atoms with E-state index in [2.05, 4.69) is 28.3 Å². The average molecular weight is 573 g/mol. The van der Waals surface area contributed by atoms with Crippen molar-refractivity contribution in [2.75, 3.05) is 12.3 Å². The summed E-state index contributed by atoms with van der Waals surface area (Å²) in [4.78, 5) is 34.8. The van der Waals surface area contributed by atoms with Gasteiger partial charge in [0.1, 0.15) is 11.5 Å². The second-order valence-corrected chi connectivity index (χ2v) is 11.2. The fraction of sp³-hybridized carbons (Fsp3) is 0.406. The highest BCUT2D eigenvalue weighted by atomic mass is 19.1. The number of carbonyl (C=O) groups is 2. The van der Waals surface area contributed by atoms with E-state index in [1.165, 1.54) is 30.3 Å². The van der Waals surface area contributed by atoms with Crippen LogP contribution in [0, 0.1) is 23.1 Å². The van der Waals surface area contributed by atoms with Crippen molar-refractivity contribution < 1.29 is 18.7 Å². The lowest BCUT2D eigenvalue weighted by Gasteiger charge is -2.39. The van der Waals surface area contributed by atoms with Crippen molar-refractivity contribution >= 4 is 17.4 Å². The molecule has 0 unspecified atom stereocenters. The predicted molar refractivity (Wildman–Crippen MR) is 158 cm³/mol. The smallest absolute Gasteiger partial charge is 0.251 e. The van der Waals surface area contributed by atoms with Crippen molar-refractivity contribution in [1.29, 1.82) is 5.26 Å². The van der Waals surface area contributed by atoms with Crippen molar-refractivity contribution in [2.24, 2.45) is 11.7 Å². The van der Waals surface area contributed by atoms with Crippen LogP contribution in [0.5, 0.6) is 0 Å². The van der Waals surface area contributed by atoms with Gasteiger partial charge in [-0.2, -0.15) is 5.26 Å². The minimum atomic E-state index is -0.570. The second kappa shape index (κ2) is 13.6. The fourth-order valence-electron chi connectivity index (χ4n) is 5.64. The Morgan fingerprint density at radius 2 is 2.00 bits per heavy atom. The largest absolute Gasteiger partial charge is 0.397 e. The summed E-state index contributed by atoms with van der Waals surface area (Å²) >= 11 is 0. The Bertz CT molecular complexity index is 1480. The topological polar surface area (TPSA) is 157 Å². The Kier molecular flexibility index (Phi) is 9.99. The van der Waals surface area contributed by atoms with Crippen molar-refractivity contribution in [2.45, 2.75) is 70.6 Å². The third kappa shape index (κ3) is 7.16. The van der Waals surface area contributed by atoms with E-state index in [1.54, 1.807) is 12.4 Å². The summed E-state index contributed by atoms with van der Waals surface area (Å²) in [6, 6.07) is 10.8. The molecule has 1 fully saturated rings. The van der Waals surface area contributed by atoms with Crippen LogP contribution < -0.4 is 16.8 Å². The highest BCUT2D eigenvalue weighted by molar-refractivity contribution is 6.01. The van der Waals surface area contributed by atoms with Crippen molar-refractivity contribution in [3.8, 4) is 17.3 Å². The quantitative estimate of drug-likeness (QED) is 0.236. The predicted octanol–water partition coefficient (Wildman–Crippen LogP) is 4.57. The maximum atomic E-state index is 14.9. The molecule has 42 heavy (non-hydrogen) atoms. The lowest BCUT2D eigenvalue weighted by atomic mass is 9.73. The average Bonchev–Trinajstić information content (AvgIpc) is 2.95. The Morgan fingerprint density at radius 3 is 2.71 bits per heavy atom. The number of pyridine rings is 2. The second-order valence-electron chi connectivity index (χ2n) is 11.2. The molecular weight excluding hydrogens is 535 g/mol. The molecule has 9 nitrogen and oxygen atoms in total. The SMILES string of the molecule is CC(C)NC(=O)c1ccc(F)c(-c2ccc(N)c(C(=O)Cc3cnccc3[C@H]3C[C@@H](N)[C@@H](OCCC#N)[C@@H](C)C3)n2)c1. The number of ether oxygens (including phenoxy) is 1. The van der Waals surface area contributed by atoms with Crippen molar-refractivity contribution in [3.05, 3.63) is 77.0 Å². The summed E-state index contributed by atoms with van der Waals surface area (Å²) in [7, 11) is 0. The molecule has 0 radical (unpaired) electrons. The zero-order valence-corrected chi connectivity index (χ0v) is 24.1. The number of carbonyl (C=O) groups excluding carboxylic acids is 2. The number of halogens is 1. The molecular formula is C32H37FN6O3. The molecule has 4 atom stereocenters. The first-order chi connectivity index (χ1) is 20.1. The van der Waals surface area contributed by atoms with E-state index in [0.29, 0.717) is 19.4 Å². The van der Waals surface area contributed by atoms with E-state index in [9.17, 15) is 14.0 Å². The lowest BCUT2D eigenvalue weighted by Crippen LogP contribution is -2.46. The molecule has 0 saturated heterocycles. The van der Waals surface area contributed by atoms with Gasteiger partial charge in [0.05, 0.1) is 36.6 Å². The summed E-state index contributed by atoms with van der Waals surface area (Å²) in [5, 5.41) is 11.6. The van der Waals surface area contributed by atoms with Crippen LogP contribution in [0.1, 0.15) is 77.9 Å². The fourth-order valence-corrected chi connectivity index (χ4v) is 5.64. The van der Waals surface area contributed by atoms with Crippen LogP contribution in [-0.2, 0) is 11.2 Å². The number of amides is 1. The van der Waals surface area contributed by atoms with Gasteiger partial charge in [-0.15, -0.1) is 0 Å². The molecule has 1 aliphatic carbocycles. The number of nitrogens with zero attached hydrogens (tertiary/aromatic N) is 3. The number of Topliss-reactive ketones (excluding diaryl/α,β-unsaturated/α-hetero) is 1. The number of anilines is 1. The standard InChI is InChI=1S/C32H37FN6O3/c1-18(2)38-32(41)20-5-6-25(33)24(14-20)28-8-7-26(35)30(39-28)29(40)16-22-17-37-11-9-23(22)21-13-19(3)31(27(36)15-21)42-12-4-10-34/h5-9,11,14,17-19,21,27,31H,4,12-13,15-16,35-36H2,1-3H3,(H,38,41)/t19-,21+,27+,31-/m0/s1. The number of rotatable bonds is 10. The first-order valence-electron chi connectivity index (χ1n) is 14.2.